The highest BCUT2D eigenvalue weighted by atomic mass is 32.2. The Morgan fingerprint density at radius 1 is 1.08 bits per heavy atom. The van der Waals surface area contributed by atoms with Gasteiger partial charge in [-0.1, -0.05) is 18.2 Å². The van der Waals surface area contributed by atoms with Crippen LogP contribution in [0.25, 0.3) is 0 Å². The number of amides is 1. The van der Waals surface area contributed by atoms with Crippen LogP contribution < -0.4 is 4.90 Å². The van der Waals surface area contributed by atoms with Crippen LogP contribution in [0.15, 0.2) is 47.4 Å². The fourth-order valence-corrected chi connectivity index (χ4v) is 5.46. The highest BCUT2D eigenvalue weighted by molar-refractivity contribution is 7.89. The number of hydrogen-bond acceptors (Lipinski definition) is 3. The van der Waals surface area contributed by atoms with Crippen LogP contribution in [-0.4, -0.2) is 38.8 Å². The fourth-order valence-electron chi connectivity index (χ4n) is 3.92. The molecule has 0 saturated carbocycles. The molecule has 8 heteroatoms. The van der Waals surface area contributed by atoms with E-state index >= 15 is 0 Å². The molecule has 0 radical (unpaired) electrons. The molecule has 1 fully saturated rings. The molecular weight excluding hydrogens is 362 g/mol. The summed E-state index contributed by atoms with van der Waals surface area (Å²) in [7, 11) is -2.45. The molecule has 2 aromatic carbocycles. The number of para-hydroxylation sites is 1. The number of anilines is 1. The number of hydrogen-bond donors (Lipinski definition) is 0. The van der Waals surface area contributed by atoms with Gasteiger partial charge in [-0.05, 0) is 30.2 Å². The lowest BCUT2D eigenvalue weighted by molar-refractivity contribution is -0.122. The third kappa shape index (κ3) is 2.29. The predicted octanol–water partition coefficient (Wildman–Crippen LogP) is 2.27. The molecule has 1 spiro atoms. The Balaban J connectivity index is 1.74. The monoisotopic (exact) mass is 378 g/mol. The van der Waals surface area contributed by atoms with Gasteiger partial charge in [-0.25, -0.2) is 17.2 Å². The van der Waals surface area contributed by atoms with Crippen molar-refractivity contribution in [3.63, 3.8) is 0 Å². The molecule has 0 aliphatic carbocycles. The Labute approximate surface area is 149 Å². The fraction of sp³-hybridized carbons (Fsp3) is 0.278. The molecule has 0 N–H and O–H groups in total. The maximum absolute atomic E-state index is 13.5. The number of carbonyl (C=O) groups is 1. The number of carbonyl (C=O) groups excluding carboxylic acids is 1. The molecule has 136 valence electrons. The number of fused-ring (bicyclic) bond motifs is 2. The molecule has 5 nitrogen and oxygen atoms in total. The van der Waals surface area contributed by atoms with E-state index < -0.39 is 32.0 Å². The molecule has 1 atom stereocenters. The van der Waals surface area contributed by atoms with Crippen molar-refractivity contribution >= 4 is 21.6 Å². The average Bonchev–Trinajstić information content (AvgIpc) is 3.13. The van der Waals surface area contributed by atoms with Crippen LogP contribution in [0, 0.1) is 11.6 Å². The van der Waals surface area contributed by atoms with Gasteiger partial charge in [0.15, 0.2) is 0 Å². The van der Waals surface area contributed by atoms with E-state index in [0.29, 0.717) is 12.5 Å². The lowest BCUT2D eigenvalue weighted by atomic mass is 9.81. The van der Waals surface area contributed by atoms with Crippen molar-refractivity contribution < 1.29 is 22.0 Å². The van der Waals surface area contributed by atoms with Gasteiger partial charge in [-0.15, -0.1) is 0 Å². The van der Waals surface area contributed by atoms with Gasteiger partial charge in [-0.3, -0.25) is 4.79 Å². The Morgan fingerprint density at radius 3 is 2.42 bits per heavy atom. The van der Waals surface area contributed by atoms with Crippen LogP contribution in [0.4, 0.5) is 14.5 Å². The van der Waals surface area contributed by atoms with Gasteiger partial charge in [0.1, 0.15) is 11.6 Å². The van der Waals surface area contributed by atoms with E-state index in [2.05, 4.69) is 0 Å². The smallest absolute Gasteiger partial charge is 0.243 e. The van der Waals surface area contributed by atoms with Crippen molar-refractivity contribution in [1.82, 2.24) is 4.31 Å². The van der Waals surface area contributed by atoms with E-state index in [1.165, 1.54) is 4.90 Å². The molecule has 4 rings (SSSR count). The molecule has 2 aliphatic heterocycles. The zero-order chi connectivity index (χ0) is 18.7. The first-order valence-corrected chi connectivity index (χ1v) is 9.54. The summed E-state index contributed by atoms with van der Waals surface area (Å²) in [6, 6.07) is 9.48. The molecule has 2 aliphatic rings. The van der Waals surface area contributed by atoms with Crippen molar-refractivity contribution in [2.75, 3.05) is 25.0 Å². The topological polar surface area (TPSA) is 57.7 Å². The molecule has 0 aromatic heterocycles. The predicted molar refractivity (Wildman–Crippen MR) is 91.3 cm³/mol. The number of nitrogens with zero attached hydrogens (tertiary/aromatic N) is 2. The van der Waals surface area contributed by atoms with Gasteiger partial charge >= 0.3 is 0 Å². The van der Waals surface area contributed by atoms with Gasteiger partial charge in [0.05, 0.1) is 10.3 Å². The molecule has 26 heavy (non-hydrogen) atoms. The van der Waals surface area contributed by atoms with Crippen LogP contribution in [-0.2, 0) is 20.2 Å². The van der Waals surface area contributed by atoms with Crippen molar-refractivity contribution in [3.8, 4) is 0 Å². The van der Waals surface area contributed by atoms with E-state index in [4.69, 9.17) is 0 Å². The third-order valence-electron chi connectivity index (χ3n) is 5.20. The Morgan fingerprint density at radius 2 is 1.73 bits per heavy atom. The number of sulfonamides is 1. The molecule has 1 amide bonds. The Hall–Kier alpha value is -2.32. The van der Waals surface area contributed by atoms with E-state index in [9.17, 15) is 22.0 Å². The minimum atomic E-state index is -4.11. The Kier molecular flexibility index (Phi) is 3.68. The van der Waals surface area contributed by atoms with E-state index in [-0.39, 0.29) is 19.0 Å². The van der Waals surface area contributed by atoms with Gasteiger partial charge < -0.3 is 4.90 Å². The summed E-state index contributed by atoms with van der Waals surface area (Å²) in [5.41, 5.74) is 0.591. The quantitative estimate of drug-likeness (QED) is 0.806. The number of benzene rings is 2. The summed E-state index contributed by atoms with van der Waals surface area (Å²) in [4.78, 5) is 14.0. The van der Waals surface area contributed by atoms with Gasteiger partial charge in [0, 0.05) is 31.9 Å². The van der Waals surface area contributed by atoms with Crippen molar-refractivity contribution in [2.24, 2.45) is 0 Å². The van der Waals surface area contributed by atoms with Crippen LogP contribution in [0.1, 0.15) is 12.0 Å². The SMILES string of the molecule is CN1C(=O)[C@@]2(CCN(S(=O)(=O)c3cc(F)cc(F)c3)C2)c2ccccc21. The lowest BCUT2D eigenvalue weighted by Gasteiger charge is -2.23. The molecular formula is C18H16F2N2O3S. The maximum Gasteiger partial charge on any atom is 0.243 e. The van der Waals surface area contributed by atoms with Gasteiger partial charge in [0.25, 0.3) is 0 Å². The van der Waals surface area contributed by atoms with Crippen LogP contribution in [0.5, 0.6) is 0 Å². The summed E-state index contributed by atoms with van der Waals surface area (Å²) in [5, 5.41) is 0. The highest BCUT2D eigenvalue weighted by Gasteiger charge is 2.55. The third-order valence-corrected chi connectivity index (χ3v) is 7.03. The number of likely N-dealkylation sites (N-methyl/N-ethyl adjacent to an activating group) is 1. The van der Waals surface area contributed by atoms with Gasteiger partial charge in [-0.2, -0.15) is 4.31 Å². The second-order valence-corrected chi connectivity index (χ2v) is 8.60. The summed E-state index contributed by atoms with van der Waals surface area (Å²) in [6.45, 7) is 0.0576. The van der Waals surface area contributed by atoms with Crippen LogP contribution in [0.3, 0.4) is 0 Å². The standard InChI is InChI=1S/C18H16F2N2O3S/c1-21-16-5-3-2-4-15(16)18(17(21)23)6-7-22(11-18)26(24,25)14-9-12(19)8-13(20)10-14/h2-5,8-10H,6-7,11H2,1H3/t18-/m1/s1. The number of halogens is 2. The van der Waals surface area contributed by atoms with E-state index in [1.807, 2.05) is 24.3 Å². The second kappa shape index (κ2) is 5.59. The Bertz CT molecular complexity index is 1000. The van der Waals surface area contributed by atoms with Crippen LogP contribution in [0.2, 0.25) is 0 Å². The minimum Gasteiger partial charge on any atom is -0.314 e. The summed E-state index contributed by atoms with van der Waals surface area (Å²) >= 11 is 0. The van der Waals surface area contributed by atoms with Crippen LogP contribution >= 0.6 is 0 Å². The molecule has 0 bridgehead atoms. The average molecular weight is 378 g/mol. The van der Waals surface area contributed by atoms with Crippen molar-refractivity contribution in [1.29, 1.82) is 0 Å². The summed E-state index contributed by atoms with van der Waals surface area (Å²) < 4.78 is 53.8. The zero-order valence-electron chi connectivity index (χ0n) is 13.9. The molecule has 1 saturated heterocycles. The summed E-state index contributed by atoms with van der Waals surface area (Å²) in [6.07, 6.45) is 0.324. The second-order valence-electron chi connectivity index (χ2n) is 6.66. The van der Waals surface area contributed by atoms with Crippen molar-refractivity contribution in [3.05, 3.63) is 59.7 Å². The lowest BCUT2D eigenvalue weighted by Crippen LogP contribution is -2.42. The first-order valence-electron chi connectivity index (χ1n) is 8.10. The largest absolute Gasteiger partial charge is 0.314 e. The van der Waals surface area contributed by atoms with Gasteiger partial charge in [0.2, 0.25) is 15.9 Å². The van der Waals surface area contributed by atoms with Crippen molar-refractivity contribution in [2.45, 2.75) is 16.7 Å². The first-order chi connectivity index (χ1) is 12.3. The minimum absolute atomic E-state index is 0.0480. The molecule has 2 heterocycles. The normalized spacial score (nSPS) is 23.0. The molecule has 0 unspecified atom stereocenters. The van der Waals surface area contributed by atoms with E-state index in [1.54, 1.807) is 7.05 Å². The zero-order valence-corrected chi connectivity index (χ0v) is 14.8. The number of rotatable bonds is 2. The summed E-state index contributed by atoms with van der Waals surface area (Å²) in [5.74, 6) is -2.08. The highest BCUT2D eigenvalue weighted by Crippen LogP contribution is 2.47. The molecule has 2 aromatic rings. The first kappa shape index (κ1) is 17.1. The maximum atomic E-state index is 13.5. The van der Waals surface area contributed by atoms with E-state index in [0.717, 1.165) is 27.7 Å².